The van der Waals surface area contributed by atoms with Crippen molar-refractivity contribution in [3.63, 3.8) is 0 Å². The first-order valence-corrected chi connectivity index (χ1v) is 8.56. The molecule has 0 spiro atoms. The van der Waals surface area contributed by atoms with E-state index in [0.29, 0.717) is 11.4 Å². The van der Waals surface area contributed by atoms with Crippen LogP contribution >= 0.6 is 11.6 Å². The Morgan fingerprint density at radius 1 is 1.21 bits per heavy atom. The Labute approximate surface area is 168 Å². The maximum absolute atomic E-state index is 12.7. The van der Waals surface area contributed by atoms with E-state index in [1.807, 2.05) is 0 Å². The number of anilines is 1. The lowest BCUT2D eigenvalue weighted by Crippen LogP contribution is -2.22. The van der Waals surface area contributed by atoms with Crippen LogP contribution in [0.15, 0.2) is 64.6 Å². The molecule has 10 heteroatoms. The molecule has 0 radical (unpaired) electrons. The summed E-state index contributed by atoms with van der Waals surface area (Å²) in [4.78, 5) is 12.5. The number of aromatic nitrogens is 2. The molecule has 1 heterocycles. The lowest BCUT2D eigenvalue weighted by atomic mass is 10.1. The highest BCUT2D eigenvalue weighted by Gasteiger charge is 2.30. The van der Waals surface area contributed by atoms with Crippen molar-refractivity contribution in [1.29, 1.82) is 0 Å². The highest BCUT2D eigenvalue weighted by molar-refractivity contribution is 6.32. The third kappa shape index (κ3) is 4.75. The van der Waals surface area contributed by atoms with Crippen LogP contribution in [0.3, 0.4) is 0 Å². The summed E-state index contributed by atoms with van der Waals surface area (Å²) in [6.45, 7) is 0. The second-order valence-corrected chi connectivity index (χ2v) is 6.16. The van der Waals surface area contributed by atoms with Crippen molar-refractivity contribution in [3.05, 3.63) is 81.2 Å². The van der Waals surface area contributed by atoms with Gasteiger partial charge in [0.15, 0.2) is 0 Å². The number of methoxy groups -OCH3 is 1. The number of ether oxygens (including phenoxy) is 1. The van der Waals surface area contributed by atoms with E-state index in [1.54, 1.807) is 24.3 Å². The Bertz CT molecular complexity index is 1100. The van der Waals surface area contributed by atoms with Gasteiger partial charge in [0.1, 0.15) is 16.5 Å². The van der Waals surface area contributed by atoms with E-state index >= 15 is 0 Å². The first kappa shape index (κ1) is 20.4. The molecule has 0 aliphatic rings. The van der Waals surface area contributed by atoms with Gasteiger partial charge >= 0.3 is 6.18 Å². The molecule has 3 rings (SSSR count). The van der Waals surface area contributed by atoms with E-state index in [9.17, 15) is 18.0 Å². The topological polar surface area (TPSA) is 68.5 Å². The van der Waals surface area contributed by atoms with Crippen molar-refractivity contribution in [2.75, 3.05) is 12.5 Å². The fraction of sp³-hybridized carbons (Fsp3) is 0.105. The molecule has 0 saturated heterocycles. The van der Waals surface area contributed by atoms with Crippen LogP contribution in [0.4, 0.5) is 18.9 Å². The minimum absolute atomic E-state index is 0.115. The Morgan fingerprint density at radius 3 is 2.59 bits per heavy atom. The molecule has 150 valence electrons. The molecule has 29 heavy (non-hydrogen) atoms. The second kappa shape index (κ2) is 8.36. The number of nitrogens with zero attached hydrogens (tertiary/aromatic N) is 3. The predicted molar refractivity (Wildman–Crippen MR) is 104 cm³/mol. The number of benzene rings is 2. The van der Waals surface area contributed by atoms with Gasteiger partial charge < -0.3 is 4.74 Å². The number of rotatable bonds is 5. The summed E-state index contributed by atoms with van der Waals surface area (Å²) >= 11 is 6.09. The van der Waals surface area contributed by atoms with Crippen molar-refractivity contribution < 1.29 is 17.9 Å². The lowest BCUT2D eigenvalue weighted by molar-refractivity contribution is -0.137. The summed E-state index contributed by atoms with van der Waals surface area (Å²) in [6, 6.07) is 11.3. The monoisotopic (exact) mass is 422 g/mol. The van der Waals surface area contributed by atoms with Gasteiger partial charge in [-0.15, -0.1) is 0 Å². The highest BCUT2D eigenvalue weighted by Crippen LogP contribution is 2.29. The molecular formula is C19H14ClF3N4O2. The van der Waals surface area contributed by atoms with Gasteiger partial charge in [-0.1, -0.05) is 23.7 Å². The lowest BCUT2D eigenvalue weighted by Gasteiger charge is -2.08. The normalized spacial score (nSPS) is 11.6. The standard InChI is InChI=1S/C19H14ClF3N4O2/c1-29-15-7-5-14(6-8-15)27-18(28)17(20)16(11-25-27)26-24-10-12-3-2-4-13(9-12)19(21,22)23/h2-11,26H,1H3/b24-10-. The van der Waals surface area contributed by atoms with E-state index in [2.05, 4.69) is 15.6 Å². The summed E-state index contributed by atoms with van der Waals surface area (Å²) < 4.78 is 44.4. The molecule has 1 N–H and O–H groups in total. The maximum Gasteiger partial charge on any atom is 0.416 e. The van der Waals surface area contributed by atoms with E-state index in [0.717, 1.165) is 16.8 Å². The highest BCUT2D eigenvalue weighted by atomic mass is 35.5. The first-order chi connectivity index (χ1) is 13.8. The largest absolute Gasteiger partial charge is 0.497 e. The van der Waals surface area contributed by atoms with Gasteiger partial charge in [0.2, 0.25) is 0 Å². The molecule has 0 amide bonds. The zero-order chi connectivity index (χ0) is 21.0. The quantitative estimate of drug-likeness (QED) is 0.490. The zero-order valence-corrected chi connectivity index (χ0v) is 15.7. The smallest absolute Gasteiger partial charge is 0.416 e. The summed E-state index contributed by atoms with van der Waals surface area (Å²) in [5.41, 5.74) is 1.97. The van der Waals surface area contributed by atoms with Crippen molar-refractivity contribution in [1.82, 2.24) is 9.78 Å². The molecule has 0 aliphatic carbocycles. The van der Waals surface area contributed by atoms with Crippen LogP contribution in [-0.4, -0.2) is 23.1 Å². The third-order valence-corrected chi connectivity index (χ3v) is 4.21. The van der Waals surface area contributed by atoms with Crippen LogP contribution in [0, 0.1) is 0 Å². The average molecular weight is 423 g/mol. The van der Waals surface area contributed by atoms with E-state index in [1.165, 1.54) is 31.7 Å². The molecule has 0 atom stereocenters. The minimum Gasteiger partial charge on any atom is -0.497 e. The number of hydrazone groups is 1. The van der Waals surface area contributed by atoms with Gasteiger partial charge in [0.05, 0.1) is 30.8 Å². The minimum atomic E-state index is -4.45. The number of halogens is 4. The van der Waals surface area contributed by atoms with Crippen molar-refractivity contribution >= 4 is 23.5 Å². The van der Waals surface area contributed by atoms with Crippen molar-refractivity contribution in [3.8, 4) is 11.4 Å². The van der Waals surface area contributed by atoms with E-state index in [4.69, 9.17) is 16.3 Å². The van der Waals surface area contributed by atoms with Gasteiger partial charge in [0.25, 0.3) is 5.56 Å². The average Bonchev–Trinajstić information content (AvgIpc) is 2.71. The molecule has 2 aromatic carbocycles. The van der Waals surface area contributed by atoms with E-state index in [-0.39, 0.29) is 16.3 Å². The number of alkyl halides is 3. The molecule has 0 saturated carbocycles. The molecular weight excluding hydrogens is 409 g/mol. The molecule has 1 aromatic heterocycles. The molecule has 3 aromatic rings. The number of hydrogen-bond acceptors (Lipinski definition) is 5. The van der Waals surface area contributed by atoms with Crippen LogP contribution < -0.4 is 15.7 Å². The van der Waals surface area contributed by atoms with Crippen molar-refractivity contribution in [2.45, 2.75) is 6.18 Å². The summed E-state index contributed by atoms with van der Waals surface area (Å²) in [7, 11) is 1.52. The Kier molecular flexibility index (Phi) is 5.88. The summed E-state index contributed by atoms with van der Waals surface area (Å²) in [5.74, 6) is 0.620. The fourth-order valence-corrected chi connectivity index (χ4v) is 2.56. The zero-order valence-electron chi connectivity index (χ0n) is 14.9. The molecule has 0 fully saturated rings. The van der Waals surface area contributed by atoms with Gasteiger partial charge in [-0.2, -0.15) is 28.1 Å². The van der Waals surface area contributed by atoms with Gasteiger partial charge in [-0.25, -0.2) is 0 Å². The summed E-state index contributed by atoms with van der Waals surface area (Å²) in [6.07, 6.45) is -1.98. The van der Waals surface area contributed by atoms with Gasteiger partial charge in [-0.05, 0) is 42.0 Å². The van der Waals surface area contributed by atoms with Crippen LogP contribution in [0.1, 0.15) is 11.1 Å². The fourth-order valence-electron chi connectivity index (χ4n) is 2.39. The Morgan fingerprint density at radius 2 is 1.93 bits per heavy atom. The van der Waals surface area contributed by atoms with Crippen molar-refractivity contribution in [2.24, 2.45) is 5.10 Å². The van der Waals surface area contributed by atoms with Crippen LogP contribution in [0.5, 0.6) is 5.75 Å². The van der Waals surface area contributed by atoms with E-state index < -0.39 is 17.3 Å². The first-order valence-electron chi connectivity index (χ1n) is 8.18. The Balaban J connectivity index is 1.79. The SMILES string of the molecule is COc1ccc(-n2ncc(N/N=C\c3cccc(C(F)(F)F)c3)c(Cl)c2=O)cc1. The number of hydrogen-bond donors (Lipinski definition) is 1. The van der Waals surface area contributed by atoms with Gasteiger partial charge in [-0.3, -0.25) is 10.2 Å². The maximum atomic E-state index is 12.7. The van der Waals surface area contributed by atoms with Crippen LogP contribution in [-0.2, 0) is 6.18 Å². The van der Waals surface area contributed by atoms with Crippen LogP contribution in [0.2, 0.25) is 5.02 Å². The predicted octanol–water partition coefficient (Wildman–Crippen LogP) is 4.36. The molecule has 0 unspecified atom stereocenters. The van der Waals surface area contributed by atoms with Gasteiger partial charge in [0, 0.05) is 0 Å². The number of nitrogens with one attached hydrogen (secondary N) is 1. The van der Waals surface area contributed by atoms with Crippen LogP contribution in [0.25, 0.3) is 5.69 Å². The molecule has 0 bridgehead atoms. The molecule has 0 aliphatic heterocycles. The Hall–Kier alpha value is -3.33. The second-order valence-electron chi connectivity index (χ2n) is 5.78. The summed E-state index contributed by atoms with van der Waals surface area (Å²) in [5, 5.41) is 7.69. The third-order valence-electron chi connectivity index (χ3n) is 3.85. The molecule has 6 nitrogen and oxygen atoms in total.